The van der Waals surface area contributed by atoms with E-state index in [-0.39, 0.29) is 19.4 Å². The van der Waals surface area contributed by atoms with Crippen molar-refractivity contribution in [3.05, 3.63) is 12.2 Å². The highest BCUT2D eigenvalue weighted by molar-refractivity contribution is 7.46. The number of unbranched alkanes of at least 4 members (excludes halogenated alkanes) is 33. The third-order valence-electron chi connectivity index (χ3n) is 10.8. The minimum absolute atomic E-state index is 0.215. The molecular weight excluding hydrogens is 723 g/mol. The molecule has 0 aromatic heterocycles. The molecule has 0 radical (unpaired) electrons. The SMILES string of the molecule is CCCCCCCCCC/C=C/CCCCCC(=O)OC[C@H](COP(=O)(O)O)OC(=O)CCCCCCCCCCCCCCCCCCCCCCCCC. The summed E-state index contributed by atoms with van der Waals surface area (Å²) in [6.07, 6.45) is 49.5. The molecule has 0 saturated heterocycles. The van der Waals surface area contributed by atoms with E-state index < -0.39 is 32.5 Å². The zero-order valence-corrected chi connectivity index (χ0v) is 37.7. The number of hydrogen-bond donors (Lipinski definition) is 2. The van der Waals surface area contributed by atoms with Gasteiger partial charge >= 0.3 is 19.8 Å². The highest BCUT2D eigenvalue weighted by atomic mass is 31.2. The Labute approximate surface area is 346 Å². The van der Waals surface area contributed by atoms with Crippen LogP contribution in [0, 0.1) is 0 Å². The molecule has 0 aliphatic rings. The molecule has 0 heterocycles. The summed E-state index contributed by atoms with van der Waals surface area (Å²) in [5, 5.41) is 0. The van der Waals surface area contributed by atoms with Gasteiger partial charge in [-0.15, -0.1) is 0 Å². The van der Waals surface area contributed by atoms with E-state index in [0.717, 1.165) is 38.5 Å². The molecule has 9 heteroatoms. The summed E-state index contributed by atoms with van der Waals surface area (Å²) in [6.45, 7) is 3.71. The van der Waals surface area contributed by atoms with Gasteiger partial charge < -0.3 is 19.3 Å². The molecule has 0 bridgehead atoms. The number of rotatable bonds is 45. The largest absolute Gasteiger partial charge is 0.469 e. The Hall–Kier alpha value is -1.21. The van der Waals surface area contributed by atoms with Crippen LogP contribution in [-0.2, 0) is 28.2 Å². The summed E-state index contributed by atoms with van der Waals surface area (Å²) in [4.78, 5) is 43.0. The van der Waals surface area contributed by atoms with Crippen molar-refractivity contribution >= 4 is 19.8 Å². The number of phosphoric acid groups is 1. The van der Waals surface area contributed by atoms with Gasteiger partial charge in [-0.2, -0.15) is 0 Å². The molecule has 0 amide bonds. The molecule has 0 rings (SSSR count). The first-order chi connectivity index (χ1) is 27.3. The van der Waals surface area contributed by atoms with E-state index in [0.29, 0.717) is 12.8 Å². The van der Waals surface area contributed by atoms with Gasteiger partial charge in [0.05, 0.1) is 6.61 Å². The van der Waals surface area contributed by atoms with E-state index in [1.165, 1.54) is 180 Å². The summed E-state index contributed by atoms with van der Waals surface area (Å²) < 4.78 is 26.5. The maximum absolute atomic E-state index is 12.5. The maximum atomic E-state index is 12.5. The normalized spacial score (nSPS) is 12.4. The second-order valence-electron chi connectivity index (χ2n) is 16.4. The zero-order chi connectivity index (χ0) is 41.1. The van der Waals surface area contributed by atoms with Crippen LogP contribution in [0.1, 0.15) is 258 Å². The first-order valence-electron chi connectivity index (χ1n) is 24.0. The lowest BCUT2D eigenvalue weighted by atomic mass is 10.0. The lowest BCUT2D eigenvalue weighted by Crippen LogP contribution is -2.29. The number of esters is 2. The molecule has 2 N–H and O–H groups in total. The molecule has 8 nitrogen and oxygen atoms in total. The van der Waals surface area contributed by atoms with E-state index in [1.807, 2.05) is 0 Å². The van der Waals surface area contributed by atoms with Crippen LogP contribution in [0.3, 0.4) is 0 Å². The number of hydrogen-bond acceptors (Lipinski definition) is 6. The van der Waals surface area contributed by atoms with E-state index in [1.54, 1.807) is 0 Å². The van der Waals surface area contributed by atoms with Gasteiger partial charge in [0, 0.05) is 12.8 Å². The molecule has 0 spiro atoms. The predicted molar refractivity (Wildman–Crippen MR) is 235 cm³/mol. The Morgan fingerprint density at radius 1 is 0.446 bits per heavy atom. The van der Waals surface area contributed by atoms with Crippen molar-refractivity contribution in [2.75, 3.05) is 13.2 Å². The van der Waals surface area contributed by atoms with Crippen LogP contribution in [0.2, 0.25) is 0 Å². The highest BCUT2D eigenvalue weighted by Gasteiger charge is 2.23. The second-order valence-corrected chi connectivity index (χ2v) is 17.7. The van der Waals surface area contributed by atoms with Crippen molar-refractivity contribution in [1.29, 1.82) is 0 Å². The number of carbonyl (C=O) groups excluding carboxylic acids is 2. The Morgan fingerprint density at radius 2 is 0.750 bits per heavy atom. The fraction of sp³-hybridized carbons (Fsp3) is 0.915. The highest BCUT2D eigenvalue weighted by Crippen LogP contribution is 2.36. The van der Waals surface area contributed by atoms with E-state index in [4.69, 9.17) is 19.3 Å². The van der Waals surface area contributed by atoms with E-state index in [9.17, 15) is 14.2 Å². The van der Waals surface area contributed by atoms with Crippen LogP contribution < -0.4 is 0 Å². The molecule has 0 fully saturated rings. The van der Waals surface area contributed by atoms with Gasteiger partial charge in [-0.25, -0.2) is 4.57 Å². The smallest absolute Gasteiger partial charge is 0.462 e. The van der Waals surface area contributed by atoms with E-state index >= 15 is 0 Å². The van der Waals surface area contributed by atoms with Gasteiger partial charge in [0.1, 0.15) is 6.61 Å². The monoisotopic (exact) mass is 815 g/mol. The van der Waals surface area contributed by atoms with Crippen LogP contribution in [-0.4, -0.2) is 41.0 Å². The van der Waals surface area contributed by atoms with Crippen LogP contribution in [0.15, 0.2) is 12.2 Å². The van der Waals surface area contributed by atoms with Gasteiger partial charge in [0.15, 0.2) is 6.10 Å². The predicted octanol–water partition coefficient (Wildman–Crippen LogP) is 15.0. The Balaban J connectivity index is 3.79. The van der Waals surface area contributed by atoms with E-state index in [2.05, 4.69) is 30.5 Å². The lowest BCUT2D eigenvalue weighted by molar-refractivity contribution is -0.161. The van der Waals surface area contributed by atoms with Crippen LogP contribution in [0.5, 0.6) is 0 Å². The minimum Gasteiger partial charge on any atom is -0.462 e. The number of phosphoric ester groups is 1. The molecule has 0 aliphatic heterocycles. The third kappa shape index (κ3) is 45.5. The van der Waals surface area contributed by atoms with Gasteiger partial charge in [0.2, 0.25) is 0 Å². The standard InChI is InChI=1S/C47H91O8P/c1-3-5-7-9-11-13-15-17-19-20-21-22-23-24-25-26-28-30-32-34-36-38-40-42-47(49)55-45(44-54-56(50,51)52)43-53-46(48)41-39-37-35-33-31-29-27-18-16-14-12-10-8-6-4-2/h29,31,45H,3-28,30,32-44H2,1-2H3,(H2,50,51,52)/b31-29+/t45-/m1/s1. The minimum atomic E-state index is -4.75. The third-order valence-corrected chi connectivity index (χ3v) is 11.3. The summed E-state index contributed by atoms with van der Waals surface area (Å²) in [7, 11) is -4.75. The van der Waals surface area contributed by atoms with Gasteiger partial charge in [0.25, 0.3) is 0 Å². The molecule has 0 saturated carbocycles. The van der Waals surface area contributed by atoms with Gasteiger partial charge in [-0.3, -0.25) is 14.1 Å². The molecule has 1 atom stereocenters. The van der Waals surface area contributed by atoms with Crippen molar-refractivity contribution in [2.45, 2.75) is 264 Å². The molecule has 0 aliphatic carbocycles. The fourth-order valence-corrected chi connectivity index (χ4v) is 7.55. The summed E-state index contributed by atoms with van der Waals surface area (Å²) >= 11 is 0. The Bertz CT molecular complexity index is 920. The Morgan fingerprint density at radius 3 is 1.11 bits per heavy atom. The summed E-state index contributed by atoms with van der Waals surface area (Å²) in [5.74, 6) is -0.887. The van der Waals surface area contributed by atoms with Crippen LogP contribution in [0.4, 0.5) is 0 Å². The molecule has 56 heavy (non-hydrogen) atoms. The fourth-order valence-electron chi connectivity index (χ4n) is 7.19. The lowest BCUT2D eigenvalue weighted by Gasteiger charge is -2.18. The quantitative estimate of drug-likeness (QED) is 0.0270. The molecule has 0 unspecified atom stereocenters. The average molecular weight is 815 g/mol. The zero-order valence-electron chi connectivity index (χ0n) is 36.8. The van der Waals surface area contributed by atoms with Crippen molar-refractivity contribution in [1.82, 2.24) is 0 Å². The molecule has 0 aromatic carbocycles. The van der Waals surface area contributed by atoms with Crippen molar-refractivity contribution in [3.8, 4) is 0 Å². The van der Waals surface area contributed by atoms with Crippen LogP contribution in [0.25, 0.3) is 0 Å². The first kappa shape index (κ1) is 54.8. The number of ether oxygens (including phenoxy) is 2. The summed E-state index contributed by atoms with van der Waals surface area (Å²) in [6, 6.07) is 0. The van der Waals surface area contributed by atoms with Crippen molar-refractivity contribution in [3.63, 3.8) is 0 Å². The van der Waals surface area contributed by atoms with Crippen molar-refractivity contribution in [2.24, 2.45) is 0 Å². The Kier molecular flexibility index (Phi) is 42.4. The molecular formula is C47H91O8P. The average Bonchev–Trinajstić information content (AvgIpc) is 3.17. The number of carbonyl (C=O) groups is 2. The topological polar surface area (TPSA) is 119 Å². The van der Waals surface area contributed by atoms with Gasteiger partial charge in [-0.1, -0.05) is 219 Å². The van der Waals surface area contributed by atoms with Crippen molar-refractivity contribution < 1.29 is 37.9 Å². The summed E-state index contributed by atoms with van der Waals surface area (Å²) in [5.41, 5.74) is 0. The van der Waals surface area contributed by atoms with Gasteiger partial charge in [-0.05, 0) is 38.5 Å². The second kappa shape index (κ2) is 43.4. The van der Waals surface area contributed by atoms with Crippen LogP contribution >= 0.6 is 7.82 Å². The molecule has 332 valence electrons. The molecule has 0 aromatic rings. The maximum Gasteiger partial charge on any atom is 0.469 e. The first-order valence-corrected chi connectivity index (χ1v) is 25.5. The number of allylic oxidation sites excluding steroid dienone is 2.